The Morgan fingerprint density at radius 2 is 1.58 bits per heavy atom. The van der Waals surface area contributed by atoms with E-state index < -0.39 is 0 Å². The van der Waals surface area contributed by atoms with Gasteiger partial charge < -0.3 is 5.11 Å². The number of hydrogen-bond donors (Lipinski definition) is 1. The van der Waals surface area contributed by atoms with Gasteiger partial charge >= 0.3 is 0 Å². The lowest BCUT2D eigenvalue weighted by molar-refractivity contribution is 0.247. The van der Waals surface area contributed by atoms with Gasteiger partial charge in [0.05, 0.1) is 0 Å². The molecule has 2 aromatic carbocycles. The Bertz CT molecular complexity index is 678. The summed E-state index contributed by atoms with van der Waals surface area (Å²) in [5.41, 5.74) is 2.19. The van der Waals surface area contributed by atoms with Gasteiger partial charge in [0.1, 0.15) is 11.6 Å². The number of aromatic hydroxyl groups is 1. The zero-order valence-electron chi connectivity index (χ0n) is 13.6. The van der Waals surface area contributed by atoms with Gasteiger partial charge in [0.2, 0.25) is 0 Å². The summed E-state index contributed by atoms with van der Waals surface area (Å²) in [5, 5.41) is 10.1. The summed E-state index contributed by atoms with van der Waals surface area (Å²) in [6.45, 7) is 5.66. The lowest BCUT2D eigenvalue weighted by Crippen LogP contribution is -2.30. The van der Waals surface area contributed by atoms with E-state index in [0.717, 1.165) is 56.8 Å². The summed E-state index contributed by atoms with van der Waals surface area (Å²) in [6.07, 6.45) is 1.09. The average molecular weight is 349 g/mol. The van der Waals surface area contributed by atoms with Gasteiger partial charge in [-0.05, 0) is 54.9 Å². The van der Waals surface area contributed by atoms with Crippen LogP contribution in [0.5, 0.6) is 5.75 Å². The first-order chi connectivity index (χ1) is 11.6. The molecule has 1 saturated heterocycles. The van der Waals surface area contributed by atoms with Gasteiger partial charge in [-0.3, -0.25) is 9.80 Å². The summed E-state index contributed by atoms with van der Waals surface area (Å²) >= 11 is 6.21. The van der Waals surface area contributed by atoms with Crippen LogP contribution in [-0.4, -0.2) is 41.1 Å². The van der Waals surface area contributed by atoms with E-state index >= 15 is 0 Å². The molecule has 128 valence electrons. The van der Waals surface area contributed by atoms with Gasteiger partial charge in [0, 0.05) is 31.2 Å². The summed E-state index contributed by atoms with van der Waals surface area (Å²) in [4.78, 5) is 4.80. The van der Waals surface area contributed by atoms with Crippen molar-refractivity contribution in [3.8, 4) is 5.75 Å². The standard InChI is InChI=1S/C19H22ClFN2O/c20-19-12-18(24)7-4-16(19)14-23-9-1-8-22(10-11-23)13-15-2-5-17(21)6-3-15/h2-7,12,24H,1,8-11,13-14H2. The molecule has 0 saturated carbocycles. The predicted molar refractivity (Wildman–Crippen MR) is 94.7 cm³/mol. The highest BCUT2D eigenvalue weighted by atomic mass is 35.5. The van der Waals surface area contributed by atoms with E-state index in [1.165, 1.54) is 12.1 Å². The zero-order valence-corrected chi connectivity index (χ0v) is 14.3. The zero-order chi connectivity index (χ0) is 16.9. The Labute approximate surface area is 147 Å². The maximum atomic E-state index is 13.0. The first-order valence-electron chi connectivity index (χ1n) is 8.27. The molecule has 0 unspecified atom stereocenters. The van der Waals surface area contributed by atoms with E-state index in [-0.39, 0.29) is 11.6 Å². The molecule has 0 aromatic heterocycles. The van der Waals surface area contributed by atoms with Crippen molar-refractivity contribution >= 4 is 11.6 Å². The Balaban J connectivity index is 1.55. The van der Waals surface area contributed by atoms with Crippen LogP contribution in [0.2, 0.25) is 5.02 Å². The molecule has 1 aliphatic rings. The second-order valence-electron chi connectivity index (χ2n) is 6.31. The van der Waals surface area contributed by atoms with Crippen molar-refractivity contribution in [3.05, 3.63) is 64.4 Å². The van der Waals surface area contributed by atoms with Crippen LogP contribution in [0.3, 0.4) is 0 Å². The molecule has 3 nitrogen and oxygen atoms in total. The quantitative estimate of drug-likeness (QED) is 0.908. The topological polar surface area (TPSA) is 26.7 Å². The van der Waals surface area contributed by atoms with E-state index in [4.69, 9.17) is 11.6 Å². The summed E-state index contributed by atoms with van der Waals surface area (Å²) in [7, 11) is 0. The van der Waals surface area contributed by atoms with Gasteiger partial charge in [0.25, 0.3) is 0 Å². The fourth-order valence-electron chi connectivity index (χ4n) is 3.09. The molecule has 1 N–H and O–H groups in total. The molecule has 0 radical (unpaired) electrons. The maximum Gasteiger partial charge on any atom is 0.123 e. The van der Waals surface area contributed by atoms with Crippen LogP contribution in [0.15, 0.2) is 42.5 Å². The summed E-state index contributed by atoms with van der Waals surface area (Å²) in [5.74, 6) is 0.0108. The lowest BCUT2D eigenvalue weighted by Gasteiger charge is -2.22. The molecular weight excluding hydrogens is 327 g/mol. The molecule has 0 bridgehead atoms. The minimum absolute atomic E-state index is 0.188. The van der Waals surface area contributed by atoms with E-state index in [1.54, 1.807) is 12.1 Å². The van der Waals surface area contributed by atoms with Crippen molar-refractivity contribution in [1.29, 1.82) is 0 Å². The predicted octanol–water partition coefficient (Wildman–Crippen LogP) is 3.89. The largest absolute Gasteiger partial charge is 0.508 e. The van der Waals surface area contributed by atoms with Crippen molar-refractivity contribution in [2.75, 3.05) is 26.2 Å². The van der Waals surface area contributed by atoms with Crippen LogP contribution in [0.1, 0.15) is 17.5 Å². The molecule has 1 fully saturated rings. The highest BCUT2D eigenvalue weighted by molar-refractivity contribution is 6.31. The molecule has 24 heavy (non-hydrogen) atoms. The van der Waals surface area contributed by atoms with Gasteiger partial charge in [-0.15, -0.1) is 0 Å². The third-order valence-corrected chi connectivity index (χ3v) is 4.78. The van der Waals surface area contributed by atoms with Crippen molar-refractivity contribution in [3.63, 3.8) is 0 Å². The van der Waals surface area contributed by atoms with Crippen LogP contribution < -0.4 is 0 Å². The van der Waals surface area contributed by atoms with E-state index in [2.05, 4.69) is 9.80 Å². The van der Waals surface area contributed by atoms with Crippen LogP contribution in [0, 0.1) is 5.82 Å². The van der Waals surface area contributed by atoms with E-state index in [9.17, 15) is 9.50 Å². The number of nitrogens with zero attached hydrogens (tertiary/aromatic N) is 2. The fraction of sp³-hybridized carbons (Fsp3) is 0.368. The van der Waals surface area contributed by atoms with E-state index in [1.807, 2.05) is 18.2 Å². The monoisotopic (exact) mass is 348 g/mol. The summed E-state index contributed by atoms with van der Waals surface area (Å²) in [6, 6.07) is 11.9. The number of halogens is 2. The number of rotatable bonds is 4. The molecule has 0 aliphatic carbocycles. The van der Waals surface area contributed by atoms with Crippen molar-refractivity contribution in [2.45, 2.75) is 19.5 Å². The van der Waals surface area contributed by atoms with Crippen molar-refractivity contribution in [2.24, 2.45) is 0 Å². The highest BCUT2D eigenvalue weighted by Crippen LogP contribution is 2.23. The van der Waals surface area contributed by atoms with Gasteiger partial charge in [-0.2, -0.15) is 0 Å². The van der Waals surface area contributed by atoms with Crippen LogP contribution in [0.25, 0.3) is 0 Å². The number of phenols is 1. The Hall–Kier alpha value is -1.62. The smallest absolute Gasteiger partial charge is 0.123 e. The Kier molecular flexibility index (Phi) is 5.72. The summed E-state index contributed by atoms with van der Waals surface area (Å²) < 4.78 is 13.0. The number of phenolic OH excluding ortho intramolecular Hbond substituents is 1. The van der Waals surface area contributed by atoms with Gasteiger partial charge in [0.15, 0.2) is 0 Å². The fourth-order valence-corrected chi connectivity index (χ4v) is 3.33. The number of hydrogen-bond acceptors (Lipinski definition) is 3. The van der Waals surface area contributed by atoms with Crippen molar-refractivity contribution in [1.82, 2.24) is 9.80 Å². The average Bonchev–Trinajstić information content (AvgIpc) is 2.78. The molecule has 0 atom stereocenters. The van der Waals surface area contributed by atoms with Crippen LogP contribution in [0.4, 0.5) is 4.39 Å². The molecule has 3 rings (SSSR count). The maximum absolute atomic E-state index is 13.0. The third-order valence-electron chi connectivity index (χ3n) is 4.43. The molecule has 2 aromatic rings. The third kappa shape index (κ3) is 4.69. The molecule has 0 amide bonds. The minimum atomic E-state index is -0.188. The lowest BCUT2D eigenvalue weighted by atomic mass is 10.2. The van der Waals surface area contributed by atoms with Crippen molar-refractivity contribution < 1.29 is 9.50 Å². The first-order valence-corrected chi connectivity index (χ1v) is 8.64. The molecule has 1 aliphatic heterocycles. The highest BCUT2D eigenvalue weighted by Gasteiger charge is 2.16. The molecule has 5 heteroatoms. The second kappa shape index (κ2) is 7.97. The normalized spacial score (nSPS) is 16.9. The second-order valence-corrected chi connectivity index (χ2v) is 6.72. The van der Waals surface area contributed by atoms with Crippen LogP contribution in [-0.2, 0) is 13.1 Å². The van der Waals surface area contributed by atoms with Gasteiger partial charge in [-0.25, -0.2) is 4.39 Å². The molecular formula is C19H22ClFN2O. The van der Waals surface area contributed by atoms with Gasteiger partial charge in [-0.1, -0.05) is 29.8 Å². The Morgan fingerprint density at radius 1 is 0.917 bits per heavy atom. The van der Waals surface area contributed by atoms with E-state index in [0.29, 0.717) is 5.02 Å². The number of benzene rings is 2. The first kappa shape index (κ1) is 17.2. The minimum Gasteiger partial charge on any atom is -0.508 e. The molecule has 1 heterocycles. The SMILES string of the molecule is Oc1ccc(CN2CCCN(Cc3ccc(F)cc3)CC2)c(Cl)c1. The van der Waals surface area contributed by atoms with Crippen LogP contribution >= 0.6 is 11.6 Å². The molecule has 0 spiro atoms. The Morgan fingerprint density at radius 3 is 2.25 bits per heavy atom.